The summed E-state index contributed by atoms with van der Waals surface area (Å²) in [6.07, 6.45) is 4.59. The number of aliphatic hydroxyl groups excluding tert-OH is 1. The molecule has 0 saturated heterocycles. The molecule has 1 rings (SSSR count). The molecule has 1 heterocycles. The SMILES string of the molecule is CCCNc1ncnc(N(CCC)CCO)c1CC. The molecule has 0 aromatic carbocycles. The van der Waals surface area contributed by atoms with Crippen molar-refractivity contribution in [1.82, 2.24) is 9.97 Å². The summed E-state index contributed by atoms with van der Waals surface area (Å²) in [7, 11) is 0. The fourth-order valence-corrected chi connectivity index (χ4v) is 2.11. The minimum atomic E-state index is 0.144. The maximum Gasteiger partial charge on any atom is 0.137 e. The molecule has 0 aliphatic rings. The van der Waals surface area contributed by atoms with E-state index in [-0.39, 0.29) is 6.61 Å². The number of nitrogens with one attached hydrogen (secondary N) is 1. The minimum absolute atomic E-state index is 0.144. The average molecular weight is 266 g/mol. The molecular weight excluding hydrogens is 240 g/mol. The molecule has 1 aromatic rings. The van der Waals surface area contributed by atoms with Crippen LogP contribution in [0.4, 0.5) is 11.6 Å². The fraction of sp³-hybridized carbons (Fsp3) is 0.714. The van der Waals surface area contributed by atoms with Gasteiger partial charge in [0.2, 0.25) is 0 Å². The van der Waals surface area contributed by atoms with Gasteiger partial charge in [-0.15, -0.1) is 0 Å². The summed E-state index contributed by atoms with van der Waals surface area (Å²) in [5.41, 5.74) is 1.14. The Labute approximate surface area is 116 Å². The summed E-state index contributed by atoms with van der Waals surface area (Å²) in [4.78, 5) is 10.9. The lowest BCUT2D eigenvalue weighted by atomic mass is 10.2. The van der Waals surface area contributed by atoms with Crippen molar-refractivity contribution >= 4 is 11.6 Å². The average Bonchev–Trinajstić information content (AvgIpc) is 2.44. The van der Waals surface area contributed by atoms with Gasteiger partial charge in [0.15, 0.2) is 0 Å². The number of aromatic nitrogens is 2. The van der Waals surface area contributed by atoms with Crippen LogP contribution in [-0.2, 0) is 6.42 Å². The zero-order valence-electron chi connectivity index (χ0n) is 12.3. The van der Waals surface area contributed by atoms with E-state index in [4.69, 9.17) is 0 Å². The van der Waals surface area contributed by atoms with E-state index in [0.29, 0.717) is 6.54 Å². The van der Waals surface area contributed by atoms with Crippen LogP contribution in [-0.4, -0.2) is 41.3 Å². The van der Waals surface area contributed by atoms with Crippen LogP contribution in [0.1, 0.15) is 39.2 Å². The highest BCUT2D eigenvalue weighted by molar-refractivity contribution is 5.58. The summed E-state index contributed by atoms with van der Waals surface area (Å²) in [5.74, 6) is 1.88. The molecule has 0 saturated carbocycles. The molecule has 0 amide bonds. The van der Waals surface area contributed by atoms with E-state index in [9.17, 15) is 5.11 Å². The van der Waals surface area contributed by atoms with Crippen molar-refractivity contribution in [2.75, 3.05) is 36.5 Å². The minimum Gasteiger partial charge on any atom is -0.395 e. The van der Waals surface area contributed by atoms with E-state index in [2.05, 4.69) is 41.0 Å². The van der Waals surface area contributed by atoms with Gasteiger partial charge in [-0.1, -0.05) is 20.8 Å². The third-order valence-corrected chi connectivity index (χ3v) is 2.98. The number of hydrogen-bond donors (Lipinski definition) is 2. The lowest BCUT2D eigenvalue weighted by Crippen LogP contribution is -2.29. The molecule has 2 N–H and O–H groups in total. The lowest BCUT2D eigenvalue weighted by Gasteiger charge is -2.25. The second kappa shape index (κ2) is 8.69. The van der Waals surface area contributed by atoms with Crippen LogP contribution in [0.25, 0.3) is 0 Å². The molecule has 0 fully saturated rings. The van der Waals surface area contributed by atoms with Crippen molar-refractivity contribution in [3.05, 3.63) is 11.9 Å². The molecule has 1 aromatic heterocycles. The molecule has 0 spiro atoms. The maximum atomic E-state index is 9.20. The number of rotatable bonds is 9. The van der Waals surface area contributed by atoms with E-state index in [0.717, 1.165) is 49.6 Å². The first-order valence-electron chi connectivity index (χ1n) is 7.21. The van der Waals surface area contributed by atoms with Crippen molar-refractivity contribution in [3.63, 3.8) is 0 Å². The molecule has 0 aliphatic carbocycles. The predicted octanol–water partition coefficient (Wildman–Crippen LogP) is 2.07. The van der Waals surface area contributed by atoms with E-state index in [1.165, 1.54) is 0 Å². The summed E-state index contributed by atoms with van der Waals surface area (Å²) in [5, 5.41) is 12.6. The Hall–Kier alpha value is -1.36. The smallest absolute Gasteiger partial charge is 0.137 e. The Morgan fingerprint density at radius 2 is 1.95 bits per heavy atom. The normalized spacial score (nSPS) is 10.5. The van der Waals surface area contributed by atoms with Crippen LogP contribution in [0.5, 0.6) is 0 Å². The largest absolute Gasteiger partial charge is 0.395 e. The van der Waals surface area contributed by atoms with E-state index >= 15 is 0 Å². The number of aliphatic hydroxyl groups is 1. The van der Waals surface area contributed by atoms with Gasteiger partial charge in [0.25, 0.3) is 0 Å². The molecule has 0 atom stereocenters. The van der Waals surface area contributed by atoms with Crippen molar-refractivity contribution in [2.24, 2.45) is 0 Å². The van der Waals surface area contributed by atoms with Crippen LogP contribution in [0.3, 0.4) is 0 Å². The highest BCUT2D eigenvalue weighted by atomic mass is 16.3. The van der Waals surface area contributed by atoms with Crippen molar-refractivity contribution in [2.45, 2.75) is 40.0 Å². The first-order chi connectivity index (χ1) is 9.28. The zero-order valence-corrected chi connectivity index (χ0v) is 12.3. The van der Waals surface area contributed by atoms with Gasteiger partial charge < -0.3 is 15.3 Å². The highest BCUT2D eigenvalue weighted by Crippen LogP contribution is 2.24. The number of nitrogens with zero attached hydrogens (tertiary/aromatic N) is 3. The monoisotopic (exact) mass is 266 g/mol. The third kappa shape index (κ3) is 4.35. The Morgan fingerprint density at radius 1 is 1.16 bits per heavy atom. The zero-order chi connectivity index (χ0) is 14.1. The van der Waals surface area contributed by atoms with Crippen LogP contribution in [0.15, 0.2) is 6.33 Å². The summed E-state index contributed by atoms with van der Waals surface area (Å²) < 4.78 is 0. The van der Waals surface area contributed by atoms with Gasteiger partial charge in [-0.05, 0) is 19.3 Å². The topological polar surface area (TPSA) is 61.3 Å². The van der Waals surface area contributed by atoms with Gasteiger partial charge in [0.05, 0.1) is 6.61 Å². The van der Waals surface area contributed by atoms with Gasteiger partial charge in [-0.25, -0.2) is 9.97 Å². The molecule has 0 radical (unpaired) electrons. The Bertz CT molecular complexity index is 364. The van der Waals surface area contributed by atoms with Gasteiger partial charge >= 0.3 is 0 Å². The van der Waals surface area contributed by atoms with Gasteiger partial charge in [0.1, 0.15) is 18.0 Å². The first kappa shape index (κ1) is 15.7. The number of anilines is 2. The third-order valence-electron chi connectivity index (χ3n) is 2.98. The maximum absolute atomic E-state index is 9.20. The number of hydrogen-bond acceptors (Lipinski definition) is 5. The summed E-state index contributed by atoms with van der Waals surface area (Å²) >= 11 is 0. The Balaban J connectivity index is 3.02. The molecule has 108 valence electrons. The van der Waals surface area contributed by atoms with Gasteiger partial charge in [0, 0.05) is 25.2 Å². The van der Waals surface area contributed by atoms with Crippen LogP contribution < -0.4 is 10.2 Å². The predicted molar refractivity (Wildman–Crippen MR) is 79.8 cm³/mol. The van der Waals surface area contributed by atoms with Gasteiger partial charge in [-0.2, -0.15) is 0 Å². The molecule has 0 aliphatic heterocycles. The van der Waals surface area contributed by atoms with Crippen molar-refractivity contribution in [1.29, 1.82) is 0 Å². The highest BCUT2D eigenvalue weighted by Gasteiger charge is 2.15. The van der Waals surface area contributed by atoms with E-state index in [1.807, 2.05) is 0 Å². The second-order valence-corrected chi connectivity index (χ2v) is 4.52. The molecule has 0 bridgehead atoms. The van der Waals surface area contributed by atoms with Crippen LogP contribution in [0.2, 0.25) is 0 Å². The quantitative estimate of drug-likeness (QED) is 0.716. The van der Waals surface area contributed by atoms with Crippen LogP contribution >= 0.6 is 0 Å². The fourth-order valence-electron chi connectivity index (χ4n) is 2.11. The second-order valence-electron chi connectivity index (χ2n) is 4.52. The summed E-state index contributed by atoms with van der Waals surface area (Å²) in [6, 6.07) is 0. The lowest BCUT2D eigenvalue weighted by molar-refractivity contribution is 0.301. The first-order valence-corrected chi connectivity index (χ1v) is 7.21. The molecule has 0 unspecified atom stereocenters. The molecule has 5 nitrogen and oxygen atoms in total. The molecule has 19 heavy (non-hydrogen) atoms. The van der Waals surface area contributed by atoms with Crippen molar-refractivity contribution < 1.29 is 5.11 Å². The van der Waals surface area contributed by atoms with Crippen molar-refractivity contribution in [3.8, 4) is 0 Å². The van der Waals surface area contributed by atoms with E-state index < -0.39 is 0 Å². The van der Waals surface area contributed by atoms with Gasteiger partial charge in [-0.3, -0.25) is 0 Å². The molecule has 5 heteroatoms. The van der Waals surface area contributed by atoms with Crippen LogP contribution in [0, 0.1) is 0 Å². The summed E-state index contributed by atoms with van der Waals surface area (Å²) in [6.45, 7) is 8.96. The standard InChI is InChI=1S/C14H26N4O/c1-4-7-15-13-12(6-3)14(17-11-16-13)18(8-5-2)9-10-19/h11,19H,4-10H2,1-3H3,(H,15,16,17). The molecular formula is C14H26N4O. The Morgan fingerprint density at radius 3 is 2.53 bits per heavy atom. The van der Waals surface area contributed by atoms with E-state index in [1.54, 1.807) is 6.33 Å². The Kier molecular flexibility index (Phi) is 7.18.